The number of benzene rings is 1. The monoisotopic (exact) mass is 333 g/mol. The third-order valence-corrected chi connectivity index (χ3v) is 2.78. The summed E-state index contributed by atoms with van der Waals surface area (Å²) in [4.78, 5) is 10.7. The Morgan fingerprint density at radius 3 is 2.79 bits per heavy atom. The first-order valence-electron chi connectivity index (χ1n) is 5.16. The zero-order valence-corrected chi connectivity index (χ0v) is 14.0. The van der Waals surface area contributed by atoms with E-state index in [1.165, 1.54) is 13.2 Å². The van der Waals surface area contributed by atoms with E-state index in [0.29, 0.717) is 17.0 Å². The van der Waals surface area contributed by atoms with Crippen LogP contribution in [0.5, 0.6) is 5.75 Å². The van der Waals surface area contributed by atoms with Gasteiger partial charge in [0.2, 0.25) is 0 Å². The molecule has 0 N–H and O–H groups in total. The van der Waals surface area contributed by atoms with Crippen molar-refractivity contribution in [3.63, 3.8) is 0 Å². The zero-order valence-electron chi connectivity index (χ0n) is 10.4. The molecule has 94 valence electrons. The van der Waals surface area contributed by atoms with Crippen LogP contribution < -0.4 is 39.4 Å². The Morgan fingerprint density at radius 2 is 2.21 bits per heavy atom. The van der Waals surface area contributed by atoms with Crippen molar-refractivity contribution in [3.8, 4) is 17.0 Å². The maximum atomic E-state index is 10.7. The van der Waals surface area contributed by atoms with Gasteiger partial charge in [-0.2, -0.15) is 0 Å². The summed E-state index contributed by atoms with van der Waals surface area (Å²) in [6, 6.07) is 6.85. The van der Waals surface area contributed by atoms with Gasteiger partial charge < -0.3 is 19.2 Å². The van der Waals surface area contributed by atoms with Crippen molar-refractivity contribution in [1.82, 2.24) is 5.16 Å². The molecule has 2 aromatic rings. The molecule has 0 spiro atoms. The number of nitrogens with zero attached hydrogens (tertiary/aromatic N) is 1. The van der Waals surface area contributed by atoms with Gasteiger partial charge in [-0.15, -0.1) is 0 Å². The van der Waals surface area contributed by atoms with Crippen LogP contribution in [0.25, 0.3) is 11.3 Å². The number of carboxylic acid groups (broad SMARTS) is 1. The molecule has 0 saturated heterocycles. The molecule has 0 unspecified atom stereocenters. The number of rotatable bonds is 4. The third kappa shape index (κ3) is 4.07. The molecule has 0 aliphatic carbocycles. The number of carbonyl (C=O) groups excluding carboxylic acids is 1. The van der Waals surface area contributed by atoms with Crippen molar-refractivity contribution < 1.29 is 48.7 Å². The standard InChI is InChI=1S/C12H10BrNO4.Na/c1-7(12(15)16)18-11-3-2-8(13)6-9(11)10-4-5-17-14-10;/h2-7H,1H3,(H,15,16);/q;+1/p-1/t7-;/m0./s1. The molecule has 2 rings (SSSR count). The summed E-state index contributed by atoms with van der Waals surface area (Å²) < 4.78 is 10.9. The number of aliphatic carboxylic acids is 1. The smallest absolute Gasteiger partial charge is 0.546 e. The molecule has 1 aromatic carbocycles. The fourth-order valence-electron chi connectivity index (χ4n) is 1.40. The Kier molecular flexibility index (Phi) is 6.06. The first-order valence-corrected chi connectivity index (χ1v) is 5.95. The van der Waals surface area contributed by atoms with Crippen LogP contribution in [0.3, 0.4) is 0 Å². The Bertz CT molecular complexity index is 559. The molecular weight excluding hydrogens is 325 g/mol. The summed E-state index contributed by atoms with van der Waals surface area (Å²) in [7, 11) is 0. The van der Waals surface area contributed by atoms with E-state index in [0.717, 1.165) is 4.47 Å². The average Bonchev–Trinajstić information content (AvgIpc) is 2.84. The van der Waals surface area contributed by atoms with Crippen LogP contribution in [-0.4, -0.2) is 17.2 Å². The maximum absolute atomic E-state index is 10.7. The molecule has 0 aliphatic heterocycles. The molecule has 0 bridgehead atoms. The number of hydrogen-bond donors (Lipinski definition) is 0. The van der Waals surface area contributed by atoms with Crippen LogP contribution in [0.4, 0.5) is 0 Å². The van der Waals surface area contributed by atoms with Gasteiger partial charge in [0.1, 0.15) is 23.8 Å². The average molecular weight is 334 g/mol. The predicted octanol–water partition coefficient (Wildman–Crippen LogP) is -1.37. The minimum absolute atomic E-state index is 0. The van der Waals surface area contributed by atoms with Crippen molar-refractivity contribution in [3.05, 3.63) is 35.0 Å². The fraction of sp³-hybridized carbons (Fsp3) is 0.167. The largest absolute Gasteiger partial charge is 1.00 e. The quantitative estimate of drug-likeness (QED) is 0.645. The Labute approximate surface area is 140 Å². The first kappa shape index (κ1) is 16.2. The van der Waals surface area contributed by atoms with Crippen LogP contribution in [0.1, 0.15) is 6.92 Å². The summed E-state index contributed by atoms with van der Waals surface area (Å²) >= 11 is 3.33. The Balaban J connectivity index is 0.00000180. The van der Waals surface area contributed by atoms with E-state index in [9.17, 15) is 9.90 Å². The van der Waals surface area contributed by atoms with E-state index in [-0.39, 0.29) is 29.6 Å². The van der Waals surface area contributed by atoms with Gasteiger partial charge in [-0.3, -0.25) is 0 Å². The molecule has 1 heterocycles. The summed E-state index contributed by atoms with van der Waals surface area (Å²) in [5.41, 5.74) is 1.21. The second kappa shape index (κ2) is 7.09. The third-order valence-electron chi connectivity index (χ3n) is 2.29. The van der Waals surface area contributed by atoms with Crippen molar-refractivity contribution in [1.29, 1.82) is 0 Å². The van der Waals surface area contributed by atoms with Crippen LogP contribution in [-0.2, 0) is 4.79 Å². The van der Waals surface area contributed by atoms with Crippen molar-refractivity contribution in [2.45, 2.75) is 13.0 Å². The molecule has 0 radical (unpaired) electrons. The Morgan fingerprint density at radius 1 is 1.47 bits per heavy atom. The summed E-state index contributed by atoms with van der Waals surface area (Å²) in [5.74, 6) is -0.868. The van der Waals surface area contributed by atoms with Crippen molar-refractivity contribution in [2.75, 3.05) is 0 Å². The minimum Gasteiger partial charge on any atom is -0.546 e. The maximum Gasteiger partial charge on any atom is 1.00 e. The SMILES string of the molecule is C[C@H](Oc1ccc(Br)cc1-c1ccon1)C(=O)[O-].[Na+]. The first-order chi connectivity index (χ1) is 8.58. The number of aromatic nitrogens is 1. The van der Waals surface area contributed by atoms with Crippen LogP contribution >= 0.6 is 15.9 Å². The molecule has 7 heteroatoms. The van der Waals surface area contributed by atoms with Gasteiger partial charge in [0.05, 0.1) is 5.97 Å². The molecular formula is C12H9BrNNaO4. The van der Waals surface area contributed by atoms with Gasteiger partial charge in [0.25, 0.3) is 0 Å². The van der Waals surface area contributed by atoms with Gasteiger partial charge in [-0.25, -0.2) is 0 Å². The topological polar surface area (TPSA) is 75.4 Å². The van der Waals surface area contributed by atoms with E-state index < -0.39 is 12.1 Å². The van der Waals surface area contributed by atoms with Gasteiger partial charge in [-0.05, 0) is 25.1 Å². The van der Waals surface area contributed by atoms with Crippen LogP contribution in [0.15, 0.2) is 39.5 Å². The zero-order chi connectivity index (χ0) is 13.1. The van der Waals surface area contributed by atoms with Crippen LogP contribution in [0.2, 0.25) is 0 Å². The molecule has 1 atom stereocenters. The van der Waals surface area contributed by atoms with E-state index in [2.05, 4.69) is 21.1 Å². The molecule has 5 nitrogen and oxygen atoms in total. The number of carboxylic acids is 1. The number of carbonyl (C=O) groups is 1. The molecule has 19 heavy (non-hydrogen) atoms. The normalized spacial score (nSPS) is 11.5. The van der Waals surface area contributed by atoms with Gasteiger partial charge >= 0.3 is 29.6 Å². The Hall–Kier alpha value is -0.820. The van der Waals surface area contributed by atoms with E-state index in [1.54, 1.807) is 24.3 Å². The molecule has 1 aromatic heterocycles. The second-order valence-electron chi connectivity index (χ2n) is 3.60. The van der Waals surface area contributed by atoms with E-state index in [4.69, 9.17) is 9.26 Å². The van der Waals surface area contributed by atoms with Gasteiger partial charge in [-0.1, -0.05) is 21.1 Å². The van der Waals surface area contributed by atoms with E-state index >= 15 is 0 Å². The van der Waals surface area contributed by atoms with Crippen molar-refractivity contribution >= 4 is 21.9 Å². The summed E-state index contributed by atoms with van der Waals surface area (Å²) in [6.45, 7) is 1.41. The second-order valence-corrected chi connectivity index (χ2v) is 4.52. The molecule has 0 aliphatic rings. The number of halogens is 1. The van der Waals surface area contributed by atoms with E-state index in [1.807, 2.05) is 0 Å². The molecule has 0 saturated carbocycles. The summed E-state index contributed by atoms with van der Waals surface area (Å²) in [6.07, 6.45) is 0.388. The minimum atomic E-state index is -1.27. The van der Waals surface area contributed by atoms with Gasteiger partial charge in [0, 0.05) is 16.1 Å². The van der Waals surface area contributed by atoms with Gasteiger partial charge in [0.15, 0.2) is 0 Å². The van der Waals surface area contributed by atoms with Crippen LogP contribution in [0, 0.1) is 0 Å². The number of hydrogen-bond acceptors (Lipinski definition) is 5. The number of ether oxygens (including phenoxy) is 1. The van der Waals surface area contributed by atoms with Crippen molar-refractivity contribution in [2.24, 2.45) is 0 Å². The summed E-state index contributed by atoms with van der Waals surface area (Å²) in [5, 5.41) is 14.5. The molecule has 0 amide bonds. The molecule has 0 fully saturated rings. The predicted molar refractivity (Wildman–Crippen MR) is 64.7 cm³/mol. The fourth-order valence-corrected chi connectivity index (χ4v) is 1.76.